The van der Waals surface area contributed by atoms with Gasteiger partial charge in [-0.1, -0.05) is 31.4 Å². The smallest absolute Gasteiger partial charge is 0.223 e. The summed E-state index contributed by atoms with van der Waals surface area (Å²) in [6, 6.07) is 7.43. The summed E-state index contributed by atoms with van der Waals surface area (Å²) < 4.78 is 22.6. The van der Waals surface area contributed by atoms with E-state index in [-0.39, 0.29) is 5.91 Å². The molecule has 1 saturated carbocycles. The molecule has 2 N–H and O–H groups in total. The second-order valence-corrected chi connectivity index (χ2v) is 9.91. The van der Waals surface area contributed by atoms with E-state index in [1.807, 2.05) is 17.0 Å². The highest BCUT2D eigenvalue weighted by Crippen LogP contribution is 2.32. The summed E-state index contributed by atoms with van der Waals surface area (Å²) in [4.78, 5) is 15.9. The zero-order valence-electron chi connectivity index (χ0n) is 17.3. The summed E-state index contributed by atoms with van der Waals surface area (Å²) in [5, 5.41) is 0. The molecule has 2 aliphatic rings. The number of benzene rings is 1. The van der Waals surface area contributed by atoms with E-state index in [4.69, 9.17) is 5.73 Å². The van der Waals surface area contributed by atoms with E-state index >= 15 is 0 Å². The van der Waals surface area contributed by atoms with Gasteiger partial charge in [-0.3, -0.25) is 4.79 Å². The SMILES string of the molecule is CN1CCN(C(=O)CCN)CC1.CS(=O)(=O)c1ccc(C2CCCCC2)cc1. The van der Waals surface area contributed by atoms with Gasteiger partial charge in [0.15, 0.2) is 9.84 Å². The third-order valence-electron chi connectivity index (χ3n) is 5.60. The van der Waals surface area contributed by atoms with Gasteiger partial charge in [-0.25, -0.2) is 8.42 Å². The van der Waals surface area contributed by atoms with Gasteiger partial charge in [0.2, 0.25) is 5.91 Å². The molecule has 0 unspecified atom stereocenters. The Bertz CT molecular complexity index is 705. The molecule has 6 nitrogen and oxygen atoms in total. The average Bonchev–Trinajstić information content (AvgIpc) is 2.69. The summed E-state index contributed by atoms with van der Waals surface area (Å²) in [6.45, 7) is 4.14. The maximum Gasteiger partial charge on any atom is 0.223 e. The van der Waals surface area contributed by atoms with Crippen molar-refractivity contribution in [3.8, 4) is 0 Å². The van der Waals surface area contributed by atoms with E-state index < -0.39 is 9.84 Å². The molecule has 1 amide bonds. The summed E-state index contributed by atoms with van der Waals surface area (Å²) in [5.41, 5.74) is 6.60. The van der Waals surface area contributed by atoms with Gasteiger partial charge in [-0.2, -0.15) is 0 Å². The largest absolute Gasteiger partial charge is 0.340 e. The van der Waals surface area contributed by atoms with E-state index in [0.717, 1.165) is 26.2 Å². The molecule has 0 radical (unpaired) electrons. The normalized spacial score (nSPS) is 19.0. The number of hydrogen-bond acceptors (Lipinski definition) is 5. The first-order valence-corrected chi connectivity index (χ1v) is 12.2. The Morgan fingerprint density at radius 3 is 2.11 bits per heavy atom. The third-order valence-corrected chi connectivity index (χ3v) is 6.73. The van der Waals surface area contributed by atoms with Crippen LogP contribution in [0.25, 0.3) is 0 Å². The van der Waals surface area contributed by atoms with Crippen molar-refractivity contribution in [3.63, 3.8) is 0 Å². The second-order valence-electron chi connectivity index (χ2n) is 7.90. The quantitative estimate of drug-likeness (QED) is 0.825. The fourth-order valence-corrected chi connectivity index (χ4v) is 4.39. The number of carbonyl (C=O) groups is 1. The van der Waals surface area contributed by atoms with E-state index in [0.29, 0.717) is 23.8 Å². The summed E-state index contributed by atoms with van der Waals surface area (Å²) in [6.07, 6.45) is 8.19. The summed E-state index contributed by atoms with van der Waals surface area (Å²) in [7, 11) is -0.976. The molecular weight excluding hydrogens is 374 g/mol. The number of likely N-dealkylation sites (N-methyl/N-ethyl adjacent to an activating group) is 1. The fourth-order valence-electron chi connectivity index (χ4n) is 3.76. The Morgan fingerprint density at radius 1 is 1.04 bits per heavy atom. The third kappa shape index (κ3) is 7.18. The first-order chi connectivity index (χ1) is 13.3. The van der Waals surface area contributed by atoms with Crippen molar-refractivity contribution >= 4 is 15.7 Å². The Kier molecular flexibility index (Phi) is 8.92. The first kappa shape index (κ1) is 22.8. The molecule has 3 rings (SSSR count). The van der Waals surface area contributed by atoms with Gasteiger partial charge in [-0.15, -0.1) is 0 Å². The van der Waals surface area contributed by atoms with Crippen LogP contribution >= 0.6 is 0 Å². The van der Waals surface area contributed by atoms with Crippen LogP contribution in [0.4, 0.5) is 0 Å². The molecule has 28 heavy (non-hydrogen) atoms. The van der Waals surface area contributed by atoms with Crippen molar-refractivity contribution in [2.45, 2.75) is 49.3 Å². The molecule has 0 bridgehead atoms. The maximum absolute atomic E-state index is 11.3. The van der Waals surface area contributed by atoms with Crippen LogP contribution in [0.15, 0.2) is 29.2 Å². The standard InChI is InChI=1S/C13H18O2S.C8H17N3O/c1-16(14,15)13-9-7-12(8-10-13)11-5-3-2-4-6-11;1-10-4-6-11(7-5-10)8(12)2-3-9/h7-11H,2-6H2,1H3;2-7,9H2,1H3. The number of carbonyl (C=O) groups excluding carboxylic acids is 1. The van der Waals surface area contributed by atoms with Crippen molar-refractivity contribution in [2.24, 2.45) is 5.73 Å². The Labute approximate surface area is 170 Å². The Hall–Kier alpha value is -1.44. The van der Waals surface area contributed by atoms with Crippen LogP contribution in [-0.4, -0.2) is 70.2 Å². The molecule has 158 valence electrons. The lowest BCUT2D eigenvalue weighted by molar-refractivity contribution is -0.132. The summed E-state index contributed by atoms with van der Waals surface area (Å²) >= 11 is 0. The predicted molar refractivity (Wildman–Crippen MR) is 113 cm³/mol. The highest BCUT2D eigenvalue weighted by molar-refractivity contribution is 7.90. The number of sulfone groups is 1. The number of rotatable bonds is 4. The monoisotopic (exact) mass is 409 g/mol. The molecule has 1 aliphatic carbocycles. The van der Waals surface area contributed by atoms with Crippen molar-refractivity contribution in [1.82, 2.24) is 9.80 Å². The van der Waals surface area contributed by atoms with Crippen molar-refractivity contribution in [3.05, 3.63) is 29.8 Å². The molecule has 1 heterocycles. The van der Waals surface area contributed by atoms with Crippen LogP contribution in [0, 0.1) is 0 Å². The van der Waals surface area contributed by atoms with Gasteiger partial charge in [0.1, 0.15) is 0 Å². The van der Waals surface area contributed by atoms with Gasteiger partial charge >= 0.3 is 0 Å². The minimum Gasteiger partial charge on any atom is -0.340 e. The molecule has 1 aliphatic heterocycles. The average molecular weight is 410 g/mol. The molecule has 2 fully saturated rings. The van der Waals surface area contributed by atoms with Gasteiger partial charge < -0.3 is 15.5 Å². The lowest BCUT2D eigenvalue weighted by Gasteiger charge is -2.32. The topological polar surface area (TPSA) is 83.7 Å². The summed E-state index contributed by atoms with van der Waals surface area (Å²) in [5.74, 6) is 0.841. The van der Waals surface area contributed by atoms with Crippen LogP contribution in [0.5, 0.6) is 0 Å². The zero-order chi connectivity index (χ0) is 20.6. The minimum absolute atomic E-state index is 0.200. The fraction of sp³-hybridized carbons (Fsp3) is 0.667. The van der Waals surface area contributed by atoms with Crippen molar-refractivity contribution in [2.75, 3.05) is 46.0 Å². The highest BCUT2D eigenvalue weighted by Gasteiger charge is 2.18. The lowest BCUT2D eigenvalue weighted by atomic mass is 9.84. The predicted octanol–water partition coefficient (Wildman–Crippen LogP) is 2.25. The highest BCUT2D eigenvalue weighted by atomic mass is 32.2. The minimum atomic E-state index is -3.05. The zero-order valence-corrected chi connectivity index (χ0v) is 18.1. The first-order valence-electron chi connectivity index (χ1n) is 10.3. The van der Waals surface area contributed by atoms with E-state index in [1.165, 1.54) is 43.9 Å². The van der Waals surface area contributed by atoms with Crippen LogP contribution in [0.2, 0.25) is 0 Å². The van der Waals surface area contributed by atoms with Gasteiger partial charge in [0.25, 0.3) is 0 Å². The molecular formula is C21H35N3O3S. The van der Waals surface area contributed by atoms with Gasteiger partial charge in [0.05, 0.1) is 4.90 Å². The van der Waals surface area contributed by atoms with E-state index in [2.05, 4.69) is 11.9 Å². The number of nitrogens with two attached hydrogens (primary N) is 1. The van der Waals surface area contributed by atoms with Crippen LogP contribution in [-0.2, 0) is 14.6 Å². The Balaban J connectivity index is 0.000000209. The van der Waals surface area contributed by atoms with Crippen LogP contribution < -0.4 is 5.73 Å². The maximum atomic E-state index is 11.3. The second kappa shape index (κ2) is 10.9. The van der Waals surface area contributed by atoms with Crippen molar-refractivity contribution in [1.29, 1.82) is 0 Å². The van der Waals surface area contributed by atoms with E-state index in [1.54, 1.807) is 12.1 Å². The lowest BCUT2D eigenvalue weighted by Crippen LogP contribution is -2.47. The van der Waals surface area contributed by atoms with Crippen LogP contribution in [0.1, 0.15) is 50.0 Å². The molecule has 1 saturated heterocycles. The molecule has 0 atom stereocenters. The van der Waals surface area contributed by atoms with E-state index in [9.17, 15) is 13.2 Å². The molecule has 7 heteroatoms. The van der Waals surface area contributed by atoms with Gasteiger partial charge in [-0.05, 0) is 43.5 Å². The van der Waals surface area contributed by atoms with Crippen LogP contribution in [0.3, 0.4) is 0 Å². The van der Waals surface area contributed by atoms with Crippen molar-refractivity contribution < 1.29 is 13.2 Å². The number of hydrogen-bond donors (Lipinski definition) is 1. The number of nitrogens with zero attached hydrogens (tertiary/aromatic N) is 2. The number of amides is 1. The Morgan fingerprint density at radius 2 is 1.61 bits per heavy atom. The molecule has 1 aromatic rings. The van der Waals surface area contributed by atoms with Gasteiger partial charge in [0, 0.05) is 45.4 Å². The molecule has 0 aromatic heterocycles. The molecule has 1 aromatic carbocycles. The number of piperazine rings is 1. The molecule has 0 spiro atoms.